The van der Waals surface area contributed by atoms with Gasteiger partial charge in [-0.3, -0.25) is 14.4 Å². The first-order valence-electron chi connectivity index (χ1n) is 8.96. The van der Waals surface area contributed by atoms with Crippen molar-refractivity contribution in [3.05, 3.63) is 64.4 Å². The number of carbonyl (C=O) groups is 1. The van der Waals surface area contributed by atoms with Gasteiger partial charge < -0.3 is 10.1 Å². The Balaban J connectivity index is 1.43. The van der Waals surface area contributed by atoms with Gasteiger partial charge in [0.05, 0.1) is 27.4 Å². The van der Waals surface area contributed by atoms with Crippen LogP contribution in [0.3, 0.4) is 0 Å². The fourth-order valence-electron chi connectivity index (χ4n) is 3.30. The first-order valence-corrected chi connectivity index (χ1v) is 9.71. The molecule has 0 radical (unpaired) electrons. The predicted octanol–water partition coefficient (Wildman–Crippen LogP) is 4.41. The van der Waals surface area contributed by atoms with Crippen molar-refractivity contribution >= 4 is 57.3 Å². The van der Waals surface area contributed by atoms with Crippen LogP contribution in [0.5, 0.6) is 5.88 Å². The molecule has 150 valence electrons. The van der Waals surface area contributed by atoms with Crippen LogP contribution in [0.2, 0.25) is 10.0 Å². The molecule has 0 atom stereocenters. The number of carbonyl (C=O) groups excluding carboxylic acids is 1. The van der Waals surface area contributed by atoms with E-state index >= 15 is 0 Å². The third-order valence-corrected chi connectivity index (χ3v) is 5.38. The van der Waals surface area contributed by atoms with Crippen LogP contribution in [0.15, 0.2) is 48.8 Å². The molecular formula is C20H14Cl2N6O2. The largest absolute Gasteiger partial charge is 0.455 e. The van der Waals surface area contributed by atoms with Gasteiger partial charge in [0.15, 0.2) is 6.73 Å². The summed E-state index contributed by atoms with van der Waals surface area (Å²) in [7, 11) is 1.88. The number of benzene rings is 2. The predicted molar refractivity (Wildman–Crippen MR) is 115 cm³/mol. The van der Waals surface area contributed by atoms with Crippen molar-refractivity contribution in [3.63, 3.8) is 0 Å². The first kappa shape index (κ1) is 18.7. The SMILES string of the molecule is Cn1ncc2cc(Nc3ncc4c(n3)OCN(c3c(Cl)cccc3Cl)C4=O)ccc21. The smallest absolute Gasteiger partial charge is 0.268 e. The van der Waals surface area contributed by atoms with Crippen LogP contribution in [0, 0.1) is 0 Å². The van der Waals surface area contributed by atoms with E-state index in [-0.39, 0.29) is 24.1 Å². The highest BCUT2D eigenvalue weighted by molar-refractivity contribution is 6.40. The van der Waals surface area contributed by atoms with Gasteiger partial charge >= 0.3 is 0 Å². The van der Waals surface area contributed by atoms with E-state index in [9.17, 15) is 4.79 Å². The van der Waals surface area contributed by atoms with Gasteiger partial charge in [-0.25, -0.2) is 4.98 Å². The summed E-state index contributed by atoms with van der Waals surface area (Å²) in [5.41, 5.74) is 2.43. The van der Waals surface area contributed by atoms with Gasteiger partial charge in [0.1, 0.15) is 5.56 Å². The summed E-state index contributed by atoms with van der Waals surface area (Å²) < 4.78 is 7.50. The molecule has 1 aliphatic heterocycles. The Hall–Kier alpha value is -3.36. The minimum atomic E-state index is -0.338. The number of halogens is 2. The van der Waals surface area contributed by atoms with Crippen molar-refractivity contribution in [2.45, 2.75) is 0 Å². The number of nitrogens with zero attached hydrogens (tertiary/aromatic N) is 5. The van der Waals surface area contributed by atoms with E-state index in [2.05, 4.69) is 20.4 Å². The van der Waals surface area contributed by atoms with Crippen LogP contribution in [-0.2, 0) is 7.05 Å². The van der Waals surface area contributed by atoms with Crippen LogP contribution < -0.4 is 15.0 Å². The van der Waals surface area contributed by atoms with Crippen LogP contribution in [-0.4, -0.2) is 32.4 Å². The summed E-state index contributed by atoms with van der Waals surface area (Å²) in [5.74, 6) is 0.169. The number of rotatable bonds is 3. The van der Waals surface area contributed by atoms with Crippen molar-refractivity contribution in [1.29, 1.82) is 0 Å². The van der Waals surface area contributed by atoms with Crippen molar-refractivity contribution in [2.75, 3.05) is 16.9 Å². The maximum absolute atomic E-state index is 13.0. The lowest BCUT2D eigenvalue weighted by Gasteiger charge is -2.29. The molecule has 1 N–H and O–H groups in total. The molecule has 2 aromatic heterocycles. The van der Waals surface area contributed by atoms with Gasteiger partial charge in [-0.2, -0.15) is 10.1 Å². The lowest BCUT2D eigenvalue weighted by molar-refractivity contribution is 0.0932. The fraction of sp³-hybridized carbons (Fsp3) is 0.100. The monoisotopic (exact) mass is 440 g/mol. The van der Waals surface area contributed by atoms with E-state index < -0.39 is 0 Å². The molecule has 1 amide bonds. The van der Waals surface area contributed by atoms with Crippen molar-refractivity contribution in [3.8, 4) is 5.88 Å². The number of nitrogens with one attached hydrogen (secondary N) is 1. The molecule has 8 nitrogen and oxygen atoms in total. The van der Waals surface area contributed by atoms with E-state index in [0.29, 0.717) is 21.7 Å². The van der Waals surface area contributed by atoms with E-state index in [0.717, 1.165) is 16.6 Å². The summed E-state index contributed by atoms with van der Waals surface area (Å²) in [5, 5.41) is 9.05. The minimum absolute atomic E-state index is 0.0621. The third kappa shape index (κ3) is 3.10. The third-order valence-electron chi connectivity index (χ3n) is 4.77. The molecule has 3 heterocycles. The minimum Gasteiger partial charge on any atom is -0.455 e. The van der Waals surface area contributed by atoms with Gasteiger partial charge in [-0.05, 0) is 30.3 Å². The van der Waals surface area contributed by atoms with Gasteiger partial charge in [0.2, 0.25) is 11.8 Å². The molecule has 0 unspecified atom stereocenters. The number of ether oxygens (including phenoxy) is 1. The Bertz CT molecular complexity index is 1290. The van der Waals surface area contributed by atoms with E-state index in [1.807, 2.05) is 25.2 Å². The average Bonchev–Trinajstić information content (AvgIpc) is 3.10. The second-order valence-electron chi connectivity index (χ2n) is 6.66. The summed E-state index contributed by atoms with van der Waals surface area (Å²) in [4.78, 5) is 22.9. The highest BCUT2D eigenvalue weighted by Gasteiger charge is 2.31. The molecule has 10 heteroatoms. The number of amides is 1. The number of aryl methyl sites for hydroxylation is 1. The molecule has 0 saturated carbocycles. The molecule has 0 fully saturated rings. The van der Waals surface area contributed by atoms with Crippen LogP contribution in [0.4, 0.5) is 17.3 Å². The molecule has 0 aliphatic carbocycles. The Kier molecular flexibility index (Phi) is 4.45. The Morgan fingerprint density at radius 3 is 2.73 bits per heavy atom. The van der Waals surface area contributed by atoms with Gasteiger partial charge in [0, 0.05) is 24.3 Å². The highest BCUT2D eigenvalue weighted by Crippen LogP contribution is 2.37. The quantitative estimate of drug-likeness (QED) is 0.507. The van der Waals surface area contributed by atoms with Crippen LogP contribution >= 0.6 is 23.2 Å². The Morgan fingerprint density at radius 2 is 1.93 bits per heavy atom. The topological polar surface area (TPSA) is 85.2 Å². The number of hydrogen-bond donors (Lipinski definition) is 1. The highest BCUT2D eigenvalue weighted by atomic mass is 35.5. The number of para-hydroxylation sites is 1. The zero-order chi connectivity index (χ0) is 20.8. The van der Waals surface area contributed by atoms with E-state index in [1.165, 1.54) is 11.1 Å². The van der Waals surface area contributed by atoms with Gasteiger partial charge in [0.25, 0.3) is 5.91 Å². The molecule has 2 aromatic carbocycles. The zero-order valence-electron chi connectivity index (χ0n) is 15.6. The summed E-state index contributed by atoms with van der Waals surface area (Å²) >= 11 is 12.5. The molecule has 0 bridgehead atoms. The molecule has 0 spiro atoms. The first-order chi connectivity index (χ1) is 14.5. The van der Waals surface area contributed by atoms with Crippen LogP contribution in [0.25, 0.3) is 10.9 Å². The van der Waals surface area contributed by atoms with Crippen molar-refractivity contribution in [1.82, 2.24) is 19.7 Å². The summed E-state index contributed by atoms with van der Waals surface area (Å²) in [6, 6.07) is 10.8. The number of hydrogen-bond acceptors (Lipinski definition) is 6. The number of aromatic nitrogens is 4. The summed E-state index contributed by atoms with van der Waals surface area (Å²) in [6.45, 7) is -0.0621. The molecule has 30 heavy (non-hydrogen) atoms. The molecule has 5 rings (SSSR count). The second-order valence-corrected chi connectivity index (χ2v) is 7.47. The van der Waals surface area contributed by atoms with Crippen LogP contribution in [0.1, 0.15) is 10.4 Å². The Labute approximate surface area is 181 Å². The average molecular weight is 441 g/mol. The van der Waals surface area contributed by atoms with E-state index in [1.54, 1.807) is 29.1 Å². The molecule has 0 saturated heterocycles. The maximum Gasteiger partial charge on any atom is 0.268 e. The van der Waals surface area contributed by atoms with Gasteiger partial charge in [-0.15, -0.1) is 0 Å². The molecular weight excluding hydrogens is 427 g/mol. The standard InChI is InChI=1S/C20H14Cl2N6O2/c1-27-16-6-5-12(7-11(16)8-24-27)25-20-23-9-13-18(26-20)30-10-28(19(13)29)17-14(21)3-2-4-15(17)22/h2-9H,10H2,1H3,(H,23,25,26). The van der Waals surface area contributed by atoms with Crippen molar-refractivity contribution < 1.29 is 9.53 Å². The molecule has 4 aromatic rings. The Morgan fingerprint density at radius 1 is 1.13 bits per heavy atom. The van der Waals surface area contributed by atoms with Gasteiger partial charge in [-0.1, -0.05) is 29.3 Å². The fourth-order valence-corrected chi connectivity index (χ4v) is 3.90. The second kappa shape index (κ2) is 7.16. The normalized spacial score (nSPS) is 13.3. The number of anilines is 3. The molecule has 1 aliphatic rings. The van der Waals surface area contributed by atoms with Crippen molar-refractivity contribution in [2.24, 2.45) is 7.05 Å². The number of fused-ring (bicyclic) bond motifs is 2. The van der Waals surface area contributed by atoms with E-state index in [4.69, 9.17) is 27.9 Å². The summed E-state index contributed by atoms with van der Waals surface area (Å²) in [6.07, 6.45) is 3.21. The zero-order valence-corrected chi connectivity index (χ0v) is 17.1. The maximum atomic E-state index is 13.0. The lowest BCUT2D eigenvalue weighted by atomic mass is 10.2. The lowest BCUT2D eigenvalue weighted by Crippen LogP contribution is -2.39.